The van der Waals surface area contributed by atoms with Crippen molar-refractivity contribution < 1.29 is 19.5 Å². The number of carboxylic acids is 1. The molecule has 2 atom stereocenters. The first-order chi connectivity index (χ1) is 9.04. The van der Waals surface area contributed by atoms with E-state index in [1.54, 1.807) is 11.8 Å². The van der Waals surface area contributed by atoms with E-state index in [4.69, 9.17) is 5.11 Å². The standard InChI is InChI=1S/C13H20N2O4/c1-2-9(13(18)19)14-11(16)10-4-3-7-15(10)12(17)8-5-6-8/h8-10H,2-7H2,1H3,(H,14,16)(H,18,19)/t9-,10?/m1/s1. The number of carbonyl (C=O) groups is 3. The molecule has 106 valence electrons. The third-order valence-corrected chi connectivity index (χ3v) is 3.79. The van der Waals surface area contributed by atoms with Crippen LogP contribution in [0.5, 0.6) is 0 Å². The quantitative estimate of drug-likeness (QED) is 0.754. The number of amides is 2. The summed E-state index contributed by atoms with van der Waals surface area (Å²) in [5, 5.41) is 11.5. The van der Waals surface area contributed by atoms with Gasteiger partial charge in [-0.05, 0) is 32.1 Å². The highest BCUT2D eigenvalue weighted by Gasteiger charge is 2.41. The maximum atomic E-state index is 12.1. The highest BCUT2D eigenvalue weighted by molar-refractivity contribution is 5.92. The van der Waals surface area contributed by atoms with Gasteiger partial charge < -0.3 is 15.3 Å². The fourth-order valence-corrected chi connectivity index (χ4v) is 2.47. The average Bonchev–Trinajstić information content (AvgIpc) is 3.11. The summed E-state index contributed by atoms with van der Waals surface area (Å²) in [4.78, 5) is 36.7. The number of likely N-dealkylation sites (tertiary alicyclic amines) is 1. The summed E-state index contributed by atoms with van der Waals surface area (Å²) in [5.74, 6) is -1.22. The maximum Gasteiger partial charge on any atom is 0.326 e. The molecule has 1 saturated carbocycles. The molecule has 2 aliphatic rings. The molecule has 19 heavy (non-hydrogen) atoms. The molecule has 1 aliphatic carbocycles. The normalized spacial score (nSPS) is 24.1. The van der Waals surface area contributed by atoms with Crippen LogP contribution < -0.4 is 5.32 Å². The van der Waals surface area contributed by atoms with E-state index in [0.717, 1.165) is 19.3 Å². The summed E-state index contributed by atoms with van der Waals surface area (Å²) >= 11 is 0. The fourth-order valence-electron chi connectivity index (χ4n) is 2.47. The van der Waals surface area contributed by atoms with Gasteiger partial charge in [0.2, 0.25) is 11.8 Å². The minimum absolute atomic E-state index is 0.0565. The first-order valence-corrected chi connectivity index (χ1v) is 6.88. The number of carboxylic acid groups (broad SMARTS) is 1. The highest BCUT2D eigenvalue weighted by atomic mass is 16.4. The summed E-state index contributed by atoms with van der Waals surface area (Å²) < 4.78 is 0. The van der Waals surface area contributed by atoms with Gasteiger partial charge in [-0.3, -0.25) is 9.59 Å². The Kier molecular flexibility index (Phi) is 4.07. The molecule has 1 aliphatic heterocycles. The molecule has 2 rings (SSSR count). The van der Waals surface area contributed by atoms with Gasteiger partial charge in [-0.1, -0.05) is 6.92 Å². The number of carbonyl (C=O) groups excluding carboxylic acids is 2. The summed E-state index contributed by atoms with van der Waals surface area (Å²) in [7, 11) is 0. The molecule has 2 N–H and O–H groups in total. The monoisotopic (exact) mass is 268 g/mol. The molecule has 0 radical (unpaired) electrons. The van der Waals surface area contributed by atoms with Crippen LogP contribution >= 0.6 is 0 Å². The summed E-state index contributed by atoms with van der Waals surface area (Å²) in [6.45, 7) is 2.32. The topological polar surface area (TPSA) is 86.7 Å². The Balaban J connectivity index is 1.97. The van der Waals surface area contributed by atoms with Gasteiger partial charge in [-0.15, -0.1) is 0 Å². The van der Waals surface area contributed by atoms with Crippen LogP contribution in [0.2, 0.25) is 0 Å². The molecule has 0 bridgehead atoms. The number of hydrogen-bond donors (Lipinski definition) is 2. The van der Waals surface area contributed by atoms with Crippen molar-refractivity contribution in [2.24, 2.45) is 5.92 Å². The summed E-state index contributed by atoms with van der Waals surface area (Å²) in [5.41, 5.74) is 0. The molecule has 6 heteroatoms. The Hall–Kier alpha value is -1.59. The van der Waals surface area contributed by atoms with Crippen molar-refractivity contribution >= 4 is 17.8 Å². The van der Waals surface area contributed by atoms with Crippen molar-refractivity contribution in [2.75, 3.05) is 6.54 Å². The Morgan fingerprint density at radius 1 is 1.32 bits per heavy atom. The predicted molar refractivity (Wildman–Crippen MR) is 67.3 cm³/mol. The zero-order valence-electron chi connectivity index (χ0n) is 11.1. The Morgan fingerprint density at radius 3 is 2.53 bits per heavy atom. The maximum absolute atomic E-state index is 12.1. The summed E-state index contributed by atoms with van der Waals surface area (Å²) in [6.07, 6.45) is 3.60. The van der Waals surface area contributed by atoms with E-state index in [1.165, 1.54) is 0 Å². The lowest BCUT2D eigenvalue weighted by Crippen LogP contribution is -2.51. The minimum Gasteiger partial charge on any atom is -0.480 e. The Bertz CT molecular complexity index is 392. The van der Waals surface area contributed by atoms with Gasteiger partial charge >= 0.3 is 5.97 Å². The fraction of sp³-hybridized carbons (Fsp3) is 0.769. The van der Waals surface area contributed by atoms with Crippen molar-refractivity contribution in [3.8, 4) is 0 Å². The highest BCUT2D eigenvalue weighted by Crippen LogP contribution is 2.33. The second-order valence-electron chi connectivity index (χ2n) is 5.27. The minimum atomic E-state index is -1.03. The molecule has 0 aromatic rings. The van der Waals surface area contributed by atoms with Crippen molar-refractivity contribution in [3.05, 3.63) is 0 Å². The smallest absolute Gasteiger partial charge is 0.326 e. The van der Waals surface area contributed by atoms with Crippen LogP contribution in [0.25, 0.3) is 0 Å². The van der Waals surface area contributed by atoms with E-state index in [-0.39, 0.29) is 17.7 Å². The zero-order chi connectivity index (χ0) is 14.0. The molecule has 6 nitrogen and oxygen atoms in total. The van der Waals surface area contributed by atoms with E-state index in [9.17, 15) is 14.4 Å². The van der Waals surface area contributed by atoms with E-state index in [2.05, 4.69) is 5.32 Å². The van der Waals surface area contributed by atoms with Crippen molar-refractivity contribution in [3.63, 3.8) is 0 Å². The lowest BCUT2D eigenvalue weighted by Gasteiger charge is -2.25. The Morgan fingerprint density at radius 2 is 2.00 bits per heavy atom. The van der Waals surface area contributed by atoms with Gasteiger partial charge in [-0.25, -0.2) is 4.79 Å². The van der Waals surface area contributed by atoms with Crippen LogP contribution in [-0.4, -0.2) is 46.4 Å². The van der Waals surface area contributed by atoms with Crippen LogP contribution in [0.3, 0.4) is 0 Å². The molecule has 1 unspecified atom stereocenters. The number of nitrogens with zero attached hydrogens (tertiary/aromatic N) is 1. The van der Waals surface area contributed by atoms with Crippen LogP contribution in [0.15, 0.2) is 0 Å². The molecule has 1 saturated heterocycles. The van der Waals surface area contributed by atoms with Gasteiger partial charge in [-0.2, -0.15) is 0 Å². The predicted octanol–water partition coefficient (Wildman–Crippen LogP) is 0.367. The number of rotatable bonds is 5. The van der Waals surface area contributed by atoms with E-state index in [0.29, 0.717) is 19.4 Å². The van der Waals surface area contributed by atoms with E-state index < -0.39 is 18.1 Å². The van der Waals surface area contributed by atoms with E-state index in [1.807, 2.05) is 0 Å². The second-order valence-corrected chi connectivity index (χ2v) is 5.27. The molecule has 2 fully saturated rings. The van der Waals surface area contributed by atoms with Gasteiger partial charge in [0.25, 0.3) is 0 Å². The van der Waals surface area contributed by atoms with Crippen molar-refractivity contribution in [2.45, 2.75) is 51.1 Å². The van der Waals surface area contributed by atoms with Crippen LogP contribution in [0.1, 0.15) is 39.0 Å². The third-order valence-electron chi connectivity index (χ3n) is 3.79. The van der Waals surface area contributed by atoms with Crippen molar-refractivity contribution in [1.82, 2.24) is 10.2 Å². The first kappa shape index (κ1) is 13.8. The lowest BCUT2D eigenvalue weighted by atomic mass is 10.1. The molecule has 0 spiro atoms. The van der Waals surface area contributed by atoms with Gasteiger partial charge in [0.05, 0.1) is 0 Å². The molecule has 2 amide bonds. The van der Waals surface area contributed by atoms with Gasteiger partial charge in [0, 0.05) is 12.5 Å². The molecule has 1 heterocycles. The third kappa shape index (κ3) is 3.05. The largest absolute Gasteiger partial charge is 0.480 e. The number of nitrogens with one attached hydrogen (secondary N) is 1. The first-order valence-electron chi connectivity index (χ1n) is 6.88. The SMILES string of the molecule is CC[C@@H](NC(=O)C1CCCN1C(=O)C1CC1)C(=O)O. The van der Waals surface area contributed by atoms with Crippen LogP contribution in [0.4, 0.5) is 0 Å². The lowest BCUT2D eigenvalue weighted by molar-refractivity contribution is -0.144. The molecule has 0 aromatic carbocycles. The van der Waals surface area contributed by atoms with Crippen LogP contribution in [0, 0.1) is 5.92 Å². The molecular formula is C13H20N2O4. The average molecular weight is 268 g/mol. The molecule has 0 aromatic heterocycles. The number of aliphatic carboxylic acids is 1. The Labute approximate surface area is 112 Å². The summed E-state index contributed by atoms with van der Waals surface area (Å²) in [6, 6.07) is -1.35. The second kappa shape index (κ2) is 5.59. The van der Waals surface area contributed by atoms with E-state index >= 15 is 0 Å². The molecular weight excluding hydrogens is 248 g/mol. The van der Waals surface area contributed by atoms with Crippen molar-refractivity contribution in [1.29, 1.82) is 0 Å². The van der Waals surface area contributed by atoms with Crippen LogP contribution in [-0.2, 0) is 14.4 Å². The van der Waals surface area contributed by atoms with Gasteiger partial charge in [0.1, 0.15) is 12.1 Å². The zero-order valence-corrected chi connectivity index (χ0v) is 11.1. The van der Waals surface area contributed by atoms with Gasteiger partial charge in [0.15, 0.2) is 0 Å². The number of hydrogen-bond acceptors (Lipinski definition) is 3.